The Morgan fingerprint density at radius 3 is 2.91 bits per heavy atom. The summed E-state index contributed by atoms with van der Waals surface area (Å²) in [6, 6.07) is 2.12. The van der Waals surface area contributed by atoms with Gasteiger partial charge in [0.1, 0.15) is 0 Å². The van der Waals surface area contributed by atoms with E-state index < -0.39 is 0 Å². The number of piperidine rings is 1. The molecule has 0 unspecified atom stereocenters. The molecule has 3 rings (SSSR count). The van der Waals surface area contributed by atoms with E-state index in [1.807, 2.05) is 4.90 Å². The summed E-state index contributed by atoms with van der Waals surface area (Å²) in [5, 5.41) is 5.09. The summed E-state index contributed by atoms with van der Waals surface area (Å²) in [5.74, 6) is 0. The highest BCUT2D eigenvalue weighted by Gasteiger charge is 2.25. The molecule has 0 saturated carbocycles. The Morgan fingerprint density at radius 1 is 1.43 bits per heavy atom. The zero-order valence-corrected chi connectivity index (χ0v) is 14.6. The van der Waals surface area contributed by atoms with Gasteiger partial charge in [-0.3, -0.25) is 0 Å². The fourth-order valence-corrected chi connectivity index (χ4v) is 3.94. The lowest BCUT2D eigenvalue weighted by atomic mass is 10.1. The smallest absolute Gasteiger partial charge is 0.317 e. The summed E-state index contributed by atoms with van der Waals surface area (Å²) in [6.07, 6.45) is 4.64. The van der Waals surface area contributed by atoms with E-state index in [1.165, 1.54) is 10.4 Å². The second-order valence-electron chi connectivity index (χ2n) is 6.34. The highest BCUT2D eigenvalue weighted by atomic mass is 32.1. The minimum Gasteiger partial charge on any atom is -0.376 e. The third kappa shape index (κ3) is 4.68. The van der Waals surface area contributed by atoms with Crippen molar-refractivity contribution >= 4 is 17.4 Å². The van der Waals surface area contributed by atoms with Crippen LogP contribution in [0, 0.1) is 6.92 Å². The van der Waals surface area contributed by atoms with Crippen molar-refractivity contribution in [3.8, 4) is 0 Å². The Bertz CT molecular complexity index is 506. The van der Waals surface area contributed by atoms with Gasteiger partial charge in [0.15, 0.2) is 0 Å². The summed E-state index contributed by atoms with van der Waals surface area (Å²) < 4.78 is 11.5. The molecular weight excluding hydrogens is 312 g/mol. The predicted molar refractivity (Wildman–Crippen MR) is 90.8 cm³/mol. The number of rotatable bonds is 5. The third-order valence-corrected chi connectivity index (χ3v) is 5.66. The summed E-state index contributed by atoms with van der Waals surface area (Å²) in [5.41, 5.74) is 1.25. The number of nitrogens with one attached hydrogen (secondary N) is 1. The standard InChI is InChI=1S/C17H26N2O3S/c1-13-6-10-23-16(13)11-18-17(20)19-7-4-14(5-8-19)22-12-15-3-2-9-21-15/h6,10,14-15H,2-5,7-9,11-12H2,1H3,(H,18,20)/t15-/m1/s1. The van der Waals surface area contributed by atoms with Crippen molar-refractivity contribution in [3.05, 3.63) is 21.9 Å². The topological polar surface area (TPSA) is 50.8 Å². The van der Waals surface area contributed by atoms with Gasteiger partial charge in [-0.2, -0.15) is 0 Å². The molecule has 2 fully saturated rings. The first-order valence-corrected chi connectivity index (χ1v) is 9.39. The first kappa shape index (κ1) is 16.7. The monoisotopic (exact) mass is 338 g/mol. The Hall–Kier alpha value is -1.11. The van der Waals surface area contributed by atoms with Crippen molar-refractivity contribution in [1.82, 2.24) is 10.2 Å². The van der Waals surface area contributed by atoms with E-state index in [0.29, 0.717) is 13.2 Å². The summed E-state index contributed by atoms with van der Waals surface area (Å²) >= 11 is 1.69. The Balaban J connectivity index is 1.34. The van der Waals surface area contributed by atoms with Crippen molar-refractivity contribution in [3.63, 3.8) is 0 Å². The molecule has 1 N–H and O–H groups in total. The van der Waals surface area contributed by atoms with E-state index in [4.69, 9.17) is 9.47 Å². The molecule has 2 aliphatic rings. The van der Waals surface area contributed by atoms with Crippen LogP contribution in [0.4, 0.5) is 4.79 Å². The van der Waals surface area contributed by atoms with Crippen LogP contribution in [0.3, 0.4) is 0 Å². The van der Waals surface area contributed by atoms with Crippen molar-refractivity contribution in [2.24, 2.45) is 0 Å². The number of amides is 2. The number of hydrogen-bond acceptors (Lipinski definition) is 4. The first-order valence-electron chi connectivity index (χ1n) is 8.51. The number of carbonyl (C=O) groups is 1. The van der Waals surface area contributed by atoms with Crippen LogP contribution >= 0.6 is 11.3 Å². The highest BCUT2D eigenvalue weighted by molar-refractivity contribution is 7.10. The van der Waals surface area contributed by atoms with Gasteiger partial charge in [-0.05, 0) is 49.6 Å². The normalized spacial score (nSPS) is 22.5. The van der Waals surface area contributed by atoms with E-state index in [-0.39, 0.29) is 18.2 Å². The maximum Gasteiger partial charge on any atom is 0.317 e. The molecule has 0 bridgehead atoms. The van der Waals surface area contributed by atoms with Crippen LogP contribution in [-0.4, -0.2) is 49.4 Å². The largest absolute Gasteiger partial charge is 0.376 e. The van der Waals surface area contributed by atoms with Crippen LogP contribution in [-0.2, 0) is 16.0 Å². The average molecular weight is 338 g/mol. The lowest BCUT2D eigenvalue weighted by molar-refractivity contribution is -0.0381. The van der Waals surface area contributed by atoms with Gasteiger partial charge >= 0.3 is 6.03 Å². The molecule has 6 heteroatoms. The molecule has 2 aliphatic heterocycles. The van der Waals surface area contributed by atoms with E-state index in [2.05, 4.69) is 23.7 Å². The van der Waals surface area contributed by atoms with Gasteiger partial charge in [-0.15, -0.1) is 11.3 Å². The SMILES string of the molecule is Cc1ccsc1CNC(=O)N1CCC(OC[C@H]2CCCO2)CC1. The molecular formula is C17H26N2O3S. The van der Waals surface area contributed by atoms with E-state index in [1.54, 1.807) is 11.3 Å². The first-order chi connectivity index (χ1) is 11.2. The molecule has 0 spiro atoms. The van der Waals surface area contributed by atoms with E-state index >= 15 is 0 Å². The van der Waals surface area contributed by atoms with Crippen molar-refractivity contribution in [1.29, 1.82) is 0 Å². The number of urea groups is 1. The number of aryl methyl sites for hydroxylation is 1. The maximum atomic E-state index is 12.2. The molecule has 2 amide bonds. The van der Waals surface area contributed by atoms with Gasteiger partial charge in [0.05, 0.1) is 25.4 Å². The Labute approximate surface area is 142 Å². The van der Waals surface area contributed by atoms with E-state index in [9.17, 15) is 4.79 Å². The van der Waals surface area contributed by atoms with Crippen LogP contribution in [0.1, 0.15) is 36.1 Å². The van der Waals surface area contributed by atoms with Crippen LogP contribution in [0.15, 0.2) is 11.4 Å². The van der Waals surface area contributed by atoms with Gasteiger partial charge < -0.3 is 19.7 Å². The summed E-state index contributed by atoms with van der Waals surface area (Å²) in [7, 11) is 0. The fraction of sp³-hybridized carbons (Fsp3) is 0.706. The minimum atomic E-state index is 0.0374. The number of likely N-dealkylation sites (tertiary alicyclic amines) is 1. The van der Waals surface area contributed by atoms with Crippen LogP contribution in [0.2, 0.25) is 0 Å². The quantitative estimate of drug-likeness (QED) is 0.898. The van der Waals surface area contributed by atoms with Gasteiger partial charge in [-0.1, -0.05) is 0 Å². The van der Waals surface area contributed by atoms with Gasteiger partial charge in [0.25, 0.3) is 0 Å². The summed E-state index contributed by atoms with van der Waals surface area (Å²) in [4.78, 5) is 15.4. The molecule has 1 aromatic rings. The molecule has 0 aromatic carbocycles. The molecule has 1 atom stereocenters. The predicted octanol–water partition coefficient (Wildman–Crippen LogP) is 2.93. The van der Waals surface area contributed by atoms with Crippen molar-refractivity contribution in [2.45, 2.75) is 51.4 Å². The molecule has 23 heavy (non-hydrogen) atoms. The zero-order valence-electron chi connectivity index (χ0n) is 13.8. The summed E-state index contributed by atoms with van der Waals surface area (Å²) in [6.45, 7) is 5.81. The second kappa shape index (κ2) is 8.13. The van der Waals surface area contributed by atoms with Gasteiger partial charge in [-0.25, -0.2) is 4.79 Å². The number of carbonyl (C=O) groups excluding carboxylic acids is 1. The molecule has 5 nitrogen and oxygen atoms in total. The Kier molecular flexibility index (Phi) is 5.91. The van der Waals surface area contributed by atoms with Crippen LogP contribution in [0.25, 0.3) is 0 Å². The molecule has 2 saturated heterocycles. The zero-order chi connectivity index (χ0) is 16.1. The van der Waals surface area contributed by atoms with Crippen molar-refractivity contribution in [2.75, 3.05) is 26.3 Å². The van der Waals surface area contributed by atoms with Gasteiger partial charge in [0.2, 0.25) is 0 Å². The average Bonchev–Trinajstić information content (AvgIpc) is 3.23. The maximum absolute atomic E-state index is 12.2. The van der Waals surface area contributed by atoms with Crippen LogP contribution < -0.4 is 5.32 Å². The lowest BCUT2D eigenvalue weighted by Crippen LogP contribution is -2.46. The van der Waals surface area contributed by atoms with Crippen molar-refractivity contribution < 1.29 is 14.3 Å². The third-order valence-electron chi connectivity index (χ3n) is 4.64. The Morgan fingerprint density at radius 2 is 2.26 bits per heavy atom. The molecule has 0 aliphatic carbocycles. The van der Waals surface area contributed by atoms with Crippen LogP contribution in [0.5, 0.6) is 0 Å². The molecule has 128 valence electrons. The number of nitrogens with zero attached hydrogens (tertiary/aromatic N) is 1. The van der Waals surface area contributed by atoms with Gasteiger partial charge in [0, 0.05) is 24.6 Å². The number of hydrogen-bond donors (Lipinski definition) is 1. The van der Waals surface area contributed by atoms with E-state index in [0.717, 1.165) is 45.4 Å². The highest BCUT2D eigenvalue weighted by Crippen LogP contribution is 2.18. The molecule has 1 aromatic heterocycles. The molecule has 3 heterocycles. The second-order valence-corrected chi connectivity index (χ2v) is 7.34. The number of thiophene rings is 1. The minimum absolute atomic E-state index is 0.0374. The molecule has 0 radical (unpaired) electrons. The number of ether oxygens (including phenoxy) is 2. The fourth-order valence-electron chi connectivity index (χ4n) is 3.10. The lowest BCUT2D eigenvalue weighted by Gasteiger charge is -2.32.